The predicted octanol–water partition coefficient (Wildman–Crippen LogP) is 2.87. The van der Waals surface area contributed by atoms with Gasteiger partial charge in [0, 0.05) is 5.75 Å². The summed E-state index contributed by atoms with van der Waals surface area (Å²) in [7, 11) is 0. The van der Waals surface area contributed by atoms with Crippen molar-refractivity contribution in [2.75, 3.05) is 18.1 Å². The first-order chi connectivity index (χ1) is 9.56. The second-order valence-corrected chi connectivity index (χ2v) is 5.75. The Bertz CT molecular complexity index is 434. The van der Waals surface area contributed by atoms with E-state index in [-0.39, 0.29) is 23.7 Å². The van der Waals surface area contributed by atoms with Crippen LogP contribution in [0.3, 0.4) is 0 Å². The number of unbranched alkanes of at least 4 members (excludes halogenated alkanes) is 1. The number of thioether (sulfide) groups is 1. The molecule has 0 saturated carbocycles. The van der Waals surface area contributed by atoms with Crippen LogP contribution in [-0.2, 0) is 0 Å². The summed E-state index contributed by atoms with van der Waals surface area (Å²) in [6, 6.07) is 4.67. The third kappa shape index (κ3) is 5.43. The van der Waals surface area contributed by atoms with Crippen molar-refractivity contribution < 1.29 is 19.7 Å². The van der Waals surface area contributed by atoms with E-state index in [0.717, 1.165) is 18.6 Å². The van der Waals surface area contributed by atoms with Crippen LogP contribution in [0.2, 0.25) is 0 Å². The van der Waals surface area contributed by atoms with Gasteiger partial charge in [-0.15, -0.1) is 0 Å². The molecule has 0 aromatic heterocycles. The van der Waals surface area contributed by atoms with Gasteiger partial charge in [0.25, 0.3) is 0 Å². The molecule has 5 heteroatoms. The highest BCUT2D eigenvalue weighted by Gasteiger charge is 2.14. The fourth-order valence-electron chi connectivity index (χ4n) is 1.69. The maximum Gasteiger partial charge on any atom is 0.167 e. The molecule has 1 atom stereocenters. The molecule has 1 aromatic carbocycles. The average Bonchev–Trinajstić information content (AvgIpc) is 2.41. The molecule has 20 heavy (non-hydrogen) atoms. The van der Waals surface area contributed by atoms with Gasteiger partial charge >= 0.3 is 0 Å². The Morgan fingerprint density at radius 2 is 2.20 bits per heavy atom. The molecule has 1 unspecified atom stereocenters. The molecule has 4 nitrogen and oxygen atoms in total. The normalized spacial score (nSPS) is 12.2. The van der Waals surface area contributed by atoms with Gasteiger partial charge in [-0.1, -0.05) is 19.4 Å². The minimum Gasteiger partial charge on any atom is -0.507 e. The van der Waals surface area contributed by atoms with Crippen LogP contribution in [0.25, 0.3) is 0 Å². The number of ether oxygens (including phenoxy) is 1. The van der Waals surface area contributed by atoms with Crippen LogP contribution in [-0.4, -0.2) is 40.2 Å². The number of hydrogen-bond acceptors (Lipinski definition) is 5. The van der Waals surface area contributed by atoms with Gasteiger partial charge in [-0.25, -0.2) is 0 Å². The van der Waals surface area contributed by atoms with Gasteiger partial charge in [0.15, 0.2) is 5.78 Å². The van der Waals surface area contributed by atoms with E-state index >= 15 is 0 Å². The summed E-state index contributed by atoms with van der Waals surface area (Å²) >= 11 is 1.69. The summed E-state index contributed by atoms with van der Waals surface area (Å²) < 4.78 is 5.45. The van der Waals surface area contributed by atoms with Crippen LogP contribution in [0.1, 0.15) is 37.0 Å². The van der Waals surface area contributed by atoms with Gasteiger partial charge in [0.05, 0.1) is 6.10 Å². The number of carbonyl (C=O) groups excluding carboxylic acids is 1. The third-order valence-electron chi connectivity index (χ3n) is 2.74. The van der Waals surface area contributed by atoms with E-state index in [0.29, 0.717) is 11.5 Å². The molecular formula is C15H22O4S. The largest absolute Gasteiger partial charge is 0.507 e. The van der Waals surface area contributed by atoms with E-state index in [9.17, 15) is 15.0 Å². The Morgan fingerprint density at radius 1 is 1.45 bits per heavy atom. The molecule has 0 saturated heterocycles. The molecule has 0 aliphatic carbocycles. The van der Waals surface area contributed by atoms with Crippen LogP contribution >= 0.6 is 11.8 Å². The number of hydrogen-bond donors (Lipinski definition) is 2. The van der Waals surface area contributed by atoms with E-state index in [1.54, 1.807) is 23.9 Å². The summed E-state index contributed by atoms with van der Waals surface area (Å²) in [6.45, 7) is 3.62. The average molecular weight is 298 g/mol. The Hall–Kier alpha value is -1.20. The predicted molar refractivity (Wildman–Crippen MR) is 81.8 cm³/mol. The first kappa shape index (κ1) is 16.9. The van der Waals surface area contributed by atoms with Gasteiger partial charge in [0.2, 0.25) is 0 Å². The van der Waals surface area contributed by atoms with Gasteiger partial charge in [-0.3, -0.25) is 4.79 Å². The van der Waals surface area contributed by atoms with Gasteiger partial charge in [-0.2, -0.15) is 11.8 Å². The van der Waals surface area contributed by atoms with Crippen molar-refractivity contribution in [3.8, 4) is 11.5 Å². The van der Waals surface area contributed by atoms with E-state index < -0.39 is 6.10 Å². The maximum absolute atomic E-state index is 11.5. The minimum absolute atomic E-state index is 0.0955. The second kappa shape index (κ2) is 8.87. The van der Waals surface area contributed by atoms with Crippen molar-refractivity contribution in [2.24, 2.45) is 0 Å². The lowest BCUT2D eigenvalue weighted by Gasteiger charge is -2.14. The van der Waals surface area contributed by atoms with E-state index in [4.69, 9.17) is 4.74 Å². The molecule has 0 amide bonds. The number of benzene rings is 1. The van der Waals surface area contributed by atoms with Crippen LogP contribution < -0.4 is 4.74 Å². The molecule has 0 bridgehead atoms. The summed E-state index contributed by atoms with van der Waals surface area (Å²) in [5.41, 5.74) is 0.165. The molecule has 0 aliphatic rings. The Labute approximate surface area is 124 Å². The van der Waals surface area contributed by atoms with Crippen LogP contribution in [0.15, 0.2) is 18.2 Å². The standard InChI is InChI=1S/C15H22O4S/c1-3-4-8-20-10-12(17)9-19-14-7-5-6-13(18)15(14)11(2)16/h5-7,12,17-18H,3-4,8-10H2,1-2H3. The molecule has 0 fully saturated rings. The number of phenolic OH excluding ortho intramolecular Hbond substituents is 1. The summed E-state index contributed by atoms with van der Waals surface area (Å²) in [6.07, 6.45) is 1.70. The van der Waals surface area contributed by atoms with Crippen molar-refractivity contribution >= 4 is 17.5 Å². The molecular weight excluding hydrogens is 276 g/mol. The van der Waals surface area contributed by atoms with Crippen molar-refractivity contribution in [1.82, 2.24) is 0 Å². The van der Waals surface area contributed by atoms with E-state index in [1.165, 1.54) is 13.0 Å². The van der Waals surface area contributed by atoms with Crippen LogP contribution in [0.4, 0.5) is 0 Å². The Morgan fingerprint density at radius 3 is 2.85 bits per heavy atom. The first-order valence-corrected chi connectivity index (χ1v) is 7.93. The molecule has 112 valence electrons. The lowest BCUT2D eigenvalue weighted by Crippen LogP contribution is -2.21. The maximum atomic E-state index is 11.5. The number of rotatable bonds is 9. The lowest BCUT2D eigenvalue weighted by molar-refractivity contribution is 0.0994. The Kier molecular flexibility index (Phi) is 7.47. The van der Waals surface area contributed by atoms with Gasteiger partial charge in [-0.05, 0) is 31.2 Å². The van der Waals surface area contributed by atoms with Crippen molar-refractivity contribution in [3.05, 3.63) is 23.8 Å². The van der Waals surface area contributed by atoms with Gasteiger partial charge < -0.3 is 14.9 Å². The zero-order valence-corrected chi connectivity index (χ0v) is 12.8. The highest BCUT2D eigenvalue weighted by Crippen LogP contribution is 2.28. The molecule has 0 radical (unpaired) electrons. The molecule has 2 N–H and O–H groups in total. The zero-order chi connectivity index (χ0) is 15.0. The summed E-state index contributed by atoms with van der Waals surface area (Å²) in [5, 5.41) is 19.5. The minimum atomic E-state index is -0.584. The number of aromatic hydroxyl groups is 1. The van der Waals surface area contributed by atoms with Crippen LogP contribution in [0, 0.1) is 0 Å². The van der Waals surface area contributed by atoms with Crippen molar-refractivity contribution in [3.63, 3.8) is 0 Å². The summed E-state index contributed by atoms with van der Waals surface area (Å²) in [5.74, 6) is 1.59. The number of phenols is 1. The molecule has 0 heterocycles. The smallest absolute Gasteiger partial charge is 0.167 e. The van der Waals surface area contributed by atoms with Crippen molar-refractivity contribution in [2.45, 2.75) is 32.8 Å². The molecule has 1 aromatic rings. The highest BCUT2D eigenvalue weighted by atomic mass is 32.2. The fraction of sp³-hybridized carbons (Fsp3) is 0.533. The summed E-state index contributed by atoms with van der Waals surface area (Å²) in [4.78, 5) is 11.5. The van der Waals surface area contributed by atoms with E-state index in [2.05, 4.69) is 6.92 Å². The number of aliphatic hydroxyl groups is 1. The fourth-order valence-corrected chi connectivity index (χ4v) is 2.72. The number of Topliss-reactive ketones (excluding diaryl/α,β-unsaturated/α-hetero) is 1. The SMILES string of the molecule is CCCCSCC(O)COc1cccc(O)c1C(C)=O. The van der Waals surface area contributed by atoms with Crippen LogP contribution in [0.5, 0.6) is 11.5 Å². The third-order valence-corrected chi connectivity index (χ3v) is 3.94. The van der Waals surface area contributed by atoms with E-state index in [1.807, 2.05) is 0 Å². The number of ketones is 1. The Balaban J connectivity index is 2.49. The second-order valence-electron chi connectivity index (χ2n) is 4.60. The monoisotopic (exact) mass is 298 g/mol. The molecule has 0 spiro atoms. The molecule has 0 aliphatic heterocycles. The molecule has 1 rings (SSSR count). The topological polar surface area (TPSA) is 66.8 Å². The first-order valence-electron chi connectivity index (χ1n) is 6.77. The number of aliphatic hydroxyl groups excluding tert-OH is 1. The van der Waals surface area contributed by atoms with Gasteiger partial charge in [0.1, 0.15) is 23.7 Å². The quantitative estimate of drug-likeness (QED) is 0.542. The lowest BCUT2D eigenvalue weighted by atomic mass is 10.1. The number of carbonyl (C=O) groups is 1. The van der Waals surface area contributed by atoms with Crippen molar-refractivity contribution in [1.29, 1.82) is 0 Å². The zero-order valence-electron chi connectivity index (χ0n) is 12.0. The highest BCUT2D eigenvalue weighted by molar-refractivity contribution is 7.99.